The lowest BCUT2D eigenvalue weighted by Gasteiger charge is -2.12. The Morgan fingerprint density at radius 3 is 2.70 bits per heavy atom. The first kappa shape index (κ1) is 14.6. The monoisotopic (exact) mass is 351 g/mol. The highest BCUT2D eigenvalue weighted by atomic mass is 79.9. The zero-order valence-corrected chi connectivity index (χ0v) is 11.7. The number of rotatable bonds is 4. The van der Waals surface area contributed by atoms with Gasteiger partial charge in [0, 0.05) is 5.69 Å². The molecule has 20 heavy (non-hydrogen) atoms. The Morgan fingerprint density at radius 2 is 2.15 bits per heavy atom. The van der Waals surface area contributed by atoms with Gasteiger partial charge in [-0.1, -0.05) is 0 Å². The molecule has 6 nitrogen and oxygen atoms in total. The number of halogens is 4. The Kier molecular flexibility index (Phi) is 4.12. The van der Waals surface area contributed by atoms with Gasteiger partial charge < -0.3 is 10.1 Å². The zero-order chi connectivity index (χ0) is 14.8. The maximum atomic E-state index is 12.1. The molecule has 108 valence electrons. The van der Waals surface area contributed by atoms with Gasteiger partial charge in [-0.05, 0) is 39.3 Å². The largest absolute Gasteiger partial charge is 0.573 e. The highest BCUT2D eigenvalue weighted by Crippen LogP contribution is 2.32. The number of nitrogens with one attached hydrogen (secondary N) is 1. The molecule has 1 aromatic carbocycles. The molecule has 0 saturated heterocycles. The third kappa shape index (κ3) is 4.08. The molecule has 0 spiro atoms. The van der Waals surface area contributed by atoms with Crippen LogP contribution in [0.5, 0.6) is 5.75 Å². The van der Waals surface area contributed by atoms with Crippen LogP contribution in [0.15, 0.2) is 22.7 Å². The summed E-state index contributed by atoms with van der Waals surface area (Å²) in [5.41, 5.74) is 0.596. The topological polar surface area (TPSA) is 64.9 Å². The highest BCUT2D eigenvalue weighted by molar-refractivity contribution is 9.10. The molecule has 0 aliphatic carbocycles. The first-order valence-corrected chi connectivity index (χ1v) is 6.15. The number of hydrogen-bond acceptors (Lipinski definition) is 5. The number of nitrogens with zero attached hydrogens (tertiary/aromatic N) is 4. The SMILES string of the molecule is Cn1nnc(CNc2ccc(OC(F)(F)F)c(Br)c2)n1. The van der Waals surface area contributed by atoms with Crippen molar-refractivity contribution in [3.63, 3.8) is 0 Å². The second-order valence-corrected chi connectivity index (χ2v) is 4.60. The van der Waals surface area contributed by atoms with Gasteiger partial charge in [-0.3, -0.25) is 0 Å². The van der Waals surface area contributed by atoms with E-state index in [1.54, 1.807) is 7.05 Å². The summed E-state index contributed by atoms with van der Waals surface area (Å²) in [5, 5.41) is 14.4. The summed E-state index contributed by atoms with van der Waals surface area (Å²) in [6.45, 7) is 0.305. The zero-order valence-electron chi connectivity index (χ0n) is 10.1. The van der Waals surface area contributed by atoms with Gasteiger partial charge in [0.1, 0.15) is 5.75 Å². The molecule has 0 saturated carbocycles. The van der Waals surface area contributed by atoms with E-state index in [0.717, 1.165) is 0 Å². The Balaban J connectivity index is 2.01. The molecule has 1 N–H and O–H groups in total. The second kappa shape index (κ2) is 5.65. The van der Waals surface area contributed by atoms with Gasteiger partial charge >= 0.3 is 6.36 Å². The summed E-state index contributed by atoms with van der Waals surface area (Å²) >= 11 is 3.02. The molecule has 0 bridgehead atoms. The molecule has 0 radical (unpaired) electrons. The Bertz CT molecular complexity index is 601. The van der Waals surface area contributed by atoms with E-state index >= 15 is 0 Å². The van der Waals surface area contributed by atoms with Crippen LogP contribution >= 0.6 is 15.9 Å². The van der Waals surface area contributed by atoms with Gasteiger partial charge in [0.05, 0.1) is 18.1 Å². The minimum atomic E-state index is -4.72. The fraction of sp³-hybridized carbons (Fsp3) is 0.300. The van der Waals surface area contributed by atoms with Crippen molar-refractivity contribution in [2.45, 2.75) is 12.9 Å². The maximum Gasteiger partial charge on any atom is 0.573 e. The quantitative estimate of drug-likeness (QED) is 0.916. The number of aromatic nitrogens is 4. The van der Waals surface area contributed by atoms with Crippen LogP contribution in [-0.2, 0) is 13.6 Å². The molecule has 0 unspecified atom stereocenters. The van der Waals surface area contributed by atoms with E-state index in [9.17, 15) is 13.2 Å². The molecular formula is C10H9BrF3N5O. The first-order chi connectivity index (χ1) is 9.33. The van der Waals surface area contributed by atoms with Crippen LogP contribution < -0.4 is 10.1 Å². The molecular weight excluding hydrogens is 343 g/mol. The van der Waals surface area contributed by atoms with E-state index in [1.165, 1.54) is 23.0 Å². The van der Waals surface area contributed by atoms with Crippen molar-refractivity contribution >= 4 is 21.6 Å². The predicted molar refractivity (Wildman–Crippen MR) is 66.9 cm³/mol. The van der Waals surface area contributed by atoms with Gasteiger partial charge in [-0.25, -0.2) is 0 Å². The Labute approximate surface area is 120 Å². The van der Waals surface area contributed by atoms with Crippen LogP contribution in [0.4, 0.5) is 18.9 Å². The van der Waals surface area contributed by atoms with Gasteiger partial charge in [-0.2, -0.15) is 4.80 Å². The number of anilines is 1. The van der Waals surface area contributed by atoms with Crippen molar-refractivity contribution in [3.8, 4) is 5.75 Å². The molecule has 0 aliphatic heterocycles. The minimum absolute atomic E-state index is 0.187. The third-order valence-corrected chi connectivity index (χ3v) is 2.78. The van der Waals surface area contributed by atoms with Crippen LogP contribution in [0.2, 0.25) is 0 Å². The van der Waals surface area contributed by atoms with E-state index < -0.39 is 6.36 Å². The fourth-order valence-corrected chi connectivity index (χ4v) is 1.85. The van der Waals surface area contributed by atoms with Crippen molar-refractivity contribution in [1.29, 1.82) is 0 Å². The molecule has 1 aromatic heterocycles. The van der Waals surface area contributed by atoms with Crippen LogP contribution in [0.3, 0.4) is 0 Å². The van der Waals surface area contributed by atoms with Crippen LogP contribution in [0, 0.1) is 0 Å². The summed E-state index contributed by atoms with van der Waals surface area (Å²) in [6, 6.07) is 4.14. The van der Waals surface area contributed by atoms with Crippen molar-refractivity contribution in [2.24, 2.45) is 7.05 Å². The summed E-state index contributed by atoms with van der Waals surface area (Å²) in [7, 11) is 1.64. The Morgan fingerprint density at radius 1 is 1.40 bits per heavy atom. The number of ether oxygens (including phenoxy) is 1. The average molecular weight is 352 g/mol. The maximum absolute atomic E-state index is 12.1. The highest BCUT2D eigenvalue weighted by Gasteiger charge is 2.31. The molecule has 10 heteroatoms. The number of benzene rings is 1. The molecule has 0 aliphatic rings. The summed E-state index contributed by atoms with van der Waals surface area (Å²) in [6.07, 6.45) is -4.72. The number of alkyl halides is 3. The van der Waals surface area contributed by atoms with Gasteiger partial charge in [-0.15, -0.1) is 23.4 Å². The summed E-state index contributed by atoms with van der Waals surface area (Å²) < 4.78 is 40.4. The molecule has 2 aromatic rings. The lowest BCUT2D eigenvalue weighted by atomic mass is 10.3. The van der Waals surface area contributed by atoms with Crippen LogP contribution in [0.25, 0.3) is 0 Å². The lowest BCUT2D eigenvalue weighted by Crippen LogP contribution is -2.17. The summed E-state index contributed by atoms with van der Waals surface area (Å²) in [4.78, 5) is 1.31. The predicted octanol–water partition coefficient (Wildman–Crippen LogP) is 2.48. The molecule has 0 amide bonds. The number of hydrogen-bond donors (Lipinski definition) is 1. The molecule has 2 rings (SSSR count). The summed E-state index contributed by atoms with van der Waals surface area (Å²) in [5.74, 6) is 0.167. The van der Waals surface area contributed by atoms with Crippen molar-refractivity contribution in [2.75, 3.05) is 5.32 Å². The van der Waals surface area contributed by atoms with Gasteiger partial charge in [0.15, 0.2) is 5.82 Å². The van der Waals surface area contributed by atoms with E-state index in [0.29, 0.717) is 18.1 Å². The Hall–Kier alpha value is -1.84. The normalized spacial score (nSPS) is 11.4. The van der Waals surface area contributed by atoms with E-state index in [-0.39, 0.29) is 10.2 Å². The number of aryl methyl sites for hydroxylation is 1. The average Bonchev–Trinajstić information content (AvgIpc) is 2.74. The first-order valence-electron chi connectivity index (χ1n) is 5.35. The van der Waals surface area contributed by atoms with Gasteiger partial charge in [0.25, 0.3) is 0 Å². The lowest BCUT2D eigenvalue weighted by molar-refractivity contribution is -0.274. The third-order valence-electron chi connectivity index (χ3n) is 2.16. The van der Waals surface area contributed by atoms with Crippen molar-refractivity contribution in [1.82, 2.24) is 20.2 Å². The van der Waals surface area contributed by atoms with E-state index in [1.807, 2.05) is 0 Å². The van der Waals surface area contributed by atoms with Gasteiger partial charge in [0.2, 0.25) is 0 Å². The molecule has 1 heterocycles. The number of tetrazole rings is 1. The smallest absolute Gasteiger partial charge is 0.405 e. The van der Waals surface area contributed by atoms with Crippen LogP contribution in [0.1, 0.15) is 5.82 Å². The van der Waals surface area contributed by atoms with E-state index in [4.69, 9.17) is 0 Å². The molecule has 0 atom stereocenters. The fourth-order valence-electron chi connectivity index (χ4n) is 1.39. The second-order valence-electron chi connectivity index (χ2n) is 3.74. The van der Waals surface area contributed by atoms with Crippen LogP contribution in [-0.4, -0.2) is 26.6 Å². The minimum Gasteiger partial charge on any atom is -0.405 e. The standard InChI is InChI=1S/C10H9BrF3N5O/c1-19-17-9(16-18-19)5-15-6-2-3-8(7(11)4-6)20-10(12,13)14/h2-4,15H,5H2,1H3. The van der Waals surface area contributed by atoms with Crippen molar-refractivity contribution < 1.29 is 17.9 Å². The van der Waals surface area contributed by atoms with E-state index in [2.05, 4.69) is 41.4 Å². The van der Waals surface area contributed by atoms with Crippen molar-refractivity contribution in [3.05, 3.63) is 28.5 Å². The molecule has 0 fully saturated rings.